The fraction of sp³-hybridized carbons (Fsp3) is 0.100. The first-order valence-corrected chi connectivity index (χ1v) is 8.44. The highest BCUT2D eigenvalue weighted by Crippen LogP contribution is 2.32. The molecule has 0 spiro atoms. The quantitative estimate of drug-likeness (QED) is 0.644. The number of benzene rings is 3. The molecule has 0 amide bonds. The van der Waals surface area contributed by atoms with Crippen LogP contribution in [0.5, 0.6) is 0 Å². The molecule has 3 aromatic rings. The summed E-state index contributed by atoms with van der Waals surface area (Å²) in [7, 11) is 1.08. The molecule has 0 aliphatic rings. The number of hydrogen-bond donors (Lipinski definition) is 0. The van der Waals surface area contributed by atoms with Gasteiger partial charge in [0.1, 0.15) is 0 Å². The van der Waals surface area contributed by atoms with Crippen molar-refractivity contribution in [2.75, 3.05) is 0 Å². The van der Waals surface area contributed by atoms with Crippen molar-refractivity contribution >= 4 is 10.2 Å². The van der Waals surface area contributed by atoms with E-state index in [0.717, 1.165) is 16.7 Å². The molecule has 104 valence electrons. The highest BCUT2D eigenvalue weighted by Gasteiger charge is 2.28. The van der Waals surface area contributed by atoms with Gasteiger partial charge >= 0.3 is 0 Å². The molecule has 0 N–H and O–H groups in total. The smallest absolute Gasteiger partial charge is 0.0222 e. The minimum atomic E-state index is 0.129. The van der Waals surface area contributed by atoms with E-state index in [-0.39, 0.29) is 5.04 Å². The van der Waals surface area contributed by atoms with Gasteiger partial charge in [-0.15, -0.1) is 0 Å². The second-order valence-electron chi connectivity index (χ2n) is 5.73. The van der Waals surface area contributed by atoms with Crippen LogP contribution in [0.3, 0.4) is 0 Å². The molecule has 0 atom stereocenters. The molecule has 3 rings (SSSR count). The van der Waals surface area contributed by atoms with Crippen LogP contribution in [-0.4, -0.2) is 10.2 Å². The minimum Gasteiger partial charge on any atom is -0.0622 e. The summed E-state index contributed by atoms with van der Waals surface area (Å²) < 4.78 is 0. The van der Waals surface area contributed by atoms with E-state index in [1.54, 1.807) is 0 Å². The highest BCUT2D eigenvalue weighted by molar-refractivity contribution is 6.18. The Kier molecular flexibility index (Phi) is 4.02. The van der Waals surface area contributed by atoms with Crippen molar-refractivity contribution in [3.63, 3.8) is 0 Å². The van der Waals surface area contributed by atoms with Gasteiger partial charge in [0.15, 0.2) is 0 Å². The normalized spacial score (nSPS) is 11.4. The summed E-state index contributed by atoms with van der Waals surface area (Å²) in [4.78, 5) is 0. The summed E-state index contributed by atoms with van der Waals surface area (Å²) in [6.45, 7) is 0. The zero-order valence-electron chi connectivity index (χ0n) is 12.4. The van der Waals surface area contributed by atoms with Crippen LogP contribution in [0.15, 0.2) is 91.0 Å². The topological polar surface area (TPSA) is 0 Å². The van der Waals surface area contributed by atoms with Crippen LogP contribution in [0, 0.1) is 0 Å². The van der Waals surface area contributed by atoms with Gasteiger partial charge in [0.25, 0.3) is 0 Å². The van der Waals surface area contributed by atoms with Gasteiger partial charge in [0.2, 0.25) is 0 Å². The molecule has 21 heavy (non-hydrogen) atoms. The van der Waals surface area contributed by atoms with E-state index in [2.05, 4.69) is 91.0 Å². The molecule has 0 radical (unpaired) electrons. The van der Waals surface area contributed by atoms with Crippen LogP contribution in [0.2, 0.25) is 0 Å². The Morgan fingerprint density at radius 1 is 0.571 bits per heavy atom. The first-order valence-electron chi connectivity index (χ1n) is 7.44. The zero-order valence-corrected chi connectivity index (χ0v) is 14.4. The maximum atomic E-state index is 2.27. The van der Waals surface area contributed by atoms with Crippen molar-refractivity contribution in [3.05, 3.63) is 108 Å². The maximum Gasteiger partial charge on any atom is 0.0222 e. The SMILES string of the molecule is [SiH3]C(Cc1ccccc1)(c1ccccc1)c1ccccc1. The average molecular weight is 288 g/mol. The monoisotopic (exact) mass is 288 g/mol. The lowest BCUT2D eigenvalue weighted by molar-refractivity contribution is 0.719. The van der Waals surface area contributed by atoms with Gasteiger partial charge in [-0.25, -0.2) is 0 Å². The van der Waals surface area contributed by atoms with Gasteiger partial charge in [-0.3, -0.25) is 0 Å². The predicted octanol–water partition coefficient (Wildman–Crippen LogP) is 3.54. The Hall–Kier alpha value is -2.12. The molecule has 0 nitrogen and oxygen atoms in total. The molecule has 0 unspecified atom stereocenters. The van der Waals surface area contributed by atoms with Gasteiger partial charge in [-0.1, -0.05) is 91.0 Å². The van der Waals surface area contributed by atoms with Gasteiger partial charge < -0.3 is 0 Å². The molecule has 0 saturated heterocycles. The second-order valence-corrected chi connectivity index (χ2v) is 7.43. The average Bonchev–Trinajstić information content (AvgIpc) is 2.57. The third-order valence-corrected chi connectivity index (χ3v) is 5.73. The third-order valence-electron chi connectivity index (χ3n) is 4.22. The van der Waals surface area contributed by atoms with Crippen LogP contribution in [0.25, 0.3) is 0 Å². The first-order chi connectivity index (χ1) is 10.3. The summed E-state index contributed by atoms with van der Waals surface area (Å²) >= 11 is 0. The van der Waals surface area contributed by atoms with E-state index in [9.17, 15) is 0 Å². The molecule has 0 fully saturated rings. The largest absolute Gasteiger partial charge is 0.0622 e. The molecule has 0 bridgehead atoms. The first kappa shape index (κ1) is 13.8. The van der Waals surface area contributed by atoms with Gasteiger partial charge in [0.05, 0.1) is 0 Å². The lowest BCUT2D eigenvalue weighted by Crippen LogP contribution is -2.30. The van der Waals surface area contributed by atoms with Crippen molar-refractivity contribution in [3.8, 4) is 0 Å². The Bertz CT molecular complexity index is 635. The zero-order chi connectivity index (χ0) is 14.5. The molecule has 3 aromatic carbocycles. The molecular formula is C20H20Si. The van der Waals surface area contributed by atoms with E-state index in [0.29, 0.717) is 0 Å². The molecule has 0 saturated carbocycles. The fourth-order valence-electron chi connectivity index (χ4n) is 2.99. The Morgan fingerprint density at radius 2 is 0.952 bits per heavy atom. The van der Waals surface area contributed by atoms with Crippen molar-refractivity contribution in [2.45, 2.75) is 11.5 Å². The van der Waals surface area contributed by atoms with Crippen LogP contribution >= 0.6 is 0 Å². The lowest BCUT2D eigenvalue weighted by Gasteiger charge is -2.31. The second kappa shape index (κ2) is 6.11. The van der Waals surface area contributed by atoms with E-state index < -0.39 is 0 Å². The number of rotatable bonds is 4. The molecule has 0 aliphatic carbocycles. The van der Waals surface area contributed by atoms with Gasteiger partial charge in [-0.2, -0.15) is 0 Å². The molecule has 1 heteroatoms. The van der Waals surface area contributed by atoms with Gasteiger partial charge in [-0.05, 0) is 23.1 Å². The predicted molar refractivity (Wildman–Crippen MR) is 93.7 cm³/mol. The van der Waals surface area contributed by atoms with Crippen LogP contribution in [0.1, 0.15) is 16.7 Å². The number of hydrogen-bond acceptors (Lipinski definition) is 0. The van der Waals surface area contributed by atoms with Crippen molar-refractivity contribution in [1.82, 2.24) is 0 Å². The van der Waals surface area contributed by atoms with E-state index in [1.807, 2.05) is 0 Å². The summed E-state index contributed by atoms with van der Waals surface area (Å²) in [6.07, 6.45) is 1.06. The third kappa shape index (κ3) is 2.98. The fourth-order valence-corrected chi connectivity index (χ4v) is 4.06. The van der Waals surface area contributed by atoms with Crippen molar-refractivity contribution < 1.29 is 0 Å². The summed E-state index contributed by atoms with van der Waals surface area (Å²) in [5.41, 5.74) is 4.25. The standard InChI is InChI=1S/C20H20Si/c21-20(18-12-6-2-7-13-18,19-14-8-3-9-15-19)16-17-10-4-1-5-11-17/h1-15H,16H2,21H3. The summed E-state index contributed by atoms with van der Waals surface area (Å²) in [5.74, 6) is 0. The van der Waals surface area contributed by atoms with E-state index in [1.165, 1.54) is 16.7 Å². The minimum absolute atomic E-state index is 0.129. The Labute approximate surface area is 129 Å². The van der Waals surface area contributed by atoms with E-state index >= 15 is 0 Å². The van der Waals surface area contributed by atoms with Gasteiger partial charge in [0, 0.05) is 15.3 Å². The van der Waals surface area contributed by atoms with E-state index in [4.69, 9.17) is 0 Å². The molecular weight excluding hydrogens is 268 g/mol. The summed E-state index contributed by atoms with van der Waals surface area (Å²) in [6, 6.07) is 32.7. The Balaban J connectivity index is 2.07. The van der Waals surface area contributed by atoms with Crippen molar-refractivity contribution in [2.24, 2.45) is 0 Å². The Morgan fingerprint density at radius 3 is 1.38 bits per heavy atom. The highest BCUT2D eigenvalue weighted by atomic mass is 28.1. The van der Waals surface area contributed by atoms with Crippen LogP contribution < -0.4 is 0 Å². The maximum absolute atomic E-state index is 2.27. The van der Waals surface area contributed by atoms with Crippen LogP contribution in [-0.2, 0) is 11.5 Å². The summed E-state index contributed by atoms with van der Waals surface area (Å²) in [5, 5.41) is 0.129. The van der Waals surface area contributed by atoms with Crippen molar-refractivity contribution in [1.29, 1.82) is 0 Å². The molecule has 0 heterocycles. The lowest BCUT2D eigenvalue weighted by atomic mass is 9.84. The van der Waals surface area contributed by atoms with Crippen LogP contribution in [0.4, 0.5) is 0 Å². The molecule has 0 aromatic heterocycles. The molecule has 0 aliphatic heterocycles.